The van der Waals surface area contributed by atoms with Crippen molar-refractivity contribution in [2.45, 2.75) is 30.8 Å². The second kappa shape index (κ2) is 7.30. The number of fused-ring (bicyclic) bond motifs is 2. The number of hydrogen-bond acceptors (Lipinski definition) is 7. The second-order valence-electron chi connectivity index (χ2n) is 8.11. The molecule has 29 heavy (non-hydrogen) atoms. The lowest BCUT2D eigenvalue weighted by atomic mass is 9.75. The third kappa shape index (κ3) is 2.95. The van der Waals surface area contributed by atoms with Gasteiger partial charge in [-0.15, -0.1) is 0 Å². The average Bonchev–Trinajstić information content (AvgIpc) is 3.22. The highest BCUT2D eigenvalue weighted by atomic mass is 16.5. The molecule has 4 saturated heterocycles. The Morgan fingerprint density at radius 1 is 1.10 bits per heavy atom. The Labute approximate surface area is 170 Å². The molecule has 152 valence electrons. The van der Waals surface area contributed by atoms with Crippen molar-refractivity contribution in [3.63, 3.8) is 0 Å². The van der Waals surface area contributed by atoms with Gasteiger partial charge in [-0.2, -0.15) is 0 Å². The van der Waals surface area contributed by atoms with E-state index >= 15 is 0 Å². The lowest BCUT2D eigenvalue weighted by Gasteiger charge is -2.51. The Hall–Kier alpha value is -2.67. The molecule has 7 nitrogen and oxygen atoms in total. The summed E-state index contributed by atoms with van der Waals surface area (Å²) < 4.78 is 10.6. The first-order valence-electron chi connectivity index (χ1n) is 10.2. The third-order valence-corrected chi connectivity index (χ3v) is 6.87. The molecule has 2 aromatic rings. The van der Waals surface area contributed by atoms with Gasteiger partial charge in [0.15, 0.2) is 5.69 Å². The summed E-state index contributed by atoms with van der Waals surface area (Å²) in [4.78, 5) is 25.7. The zero-order valence-corrected chi connectivity index (χ0v) is 16.8. The van der Waals surface area contributed by atoms with Crippen LogP contribution in [0.15, 0.2) is 36.7 Å². The topological polar surface area (TPSA) is 67.8 Å². The first-order chi connectivity index (χ1) is 14.2. The zero-order valence-electron chi connectivity index (χ0n) is 16.8. The number of esters is 1. The third-order valence-electron chi connectivity index (χ3n) is 6.87. The molecule has 0 unspecified atom stereocenters. The van der Waals surface area contributed by atoms with Gasteiger partial charge in [-0.3, -0.25) is 4.90 Å². The molecule has 3 atom stereocenters. The van der Waals surface area contributed by atoms with Crippen molar-refractivity contribution in [2.24, 2.45) is 5.92 Å². The second-order valence-corrected chi connectivity index (χ2v) is 8.11. The zero-order chi connectivity index (χ0) is 20.0. The van der Waals surface area contributed by atoms with E-state index in [1.54, 1.807) is 13.2 Å². The molecule has 1 aromatic heterocycles. The van der Waals surface area contributed by atoms with Crippen LogP contribution in [0.5, 0.6) is 5.75 Å². The van der Waals surface area contributed by atoms with Crippen LogP contribution in [-0.4, -0.2) is 66.8 Å². The normalized spacial score (nSPS) is 30.1. The first-order valence-corrected chi connectivity index (χ1v) is 10.2. The molecule has 4 fully saturated rings. The van der Waals surface area contributed by atoms with E-state index in [0.29, 0.717) is 29.6 Å². The monoisotopic (exact) mass is 394 g/mol. The summed E-state index contributed by atoms with van der Waals surface area (Å²) in [6.45, 7) is 3.16. The number of anilines is 1. The van der Waals surface area contributed by atoms with E-state index in [4.69, 9.17) is 9.47 Å². The van der Waals surface area contributed by atoms with Crippen molar-refractivity contribution < 1.29 is 14.3 Å². The Balaban J connectivity index is 1.56. The minimum Gasteiger partial charge on any atom is -0.496 e. The fourth-order valence-corrected chi connectivity index (χ4v) is 5.65. The molecule has 5 heterocycles. The highest BCUT2D eigenvalue weighted by Crippen LogP contribution is 2.49. The van der Waals surface area contributed by atoms with Gasteiger partial charge in [0.1, 0.15) is 17.9 Å². The number of nitrogens with zero attached hydrogens (tertiary/aromatic N) is 4. The van der Waals surface area contributed by atoms with Crippen LogP contribution in [0.25, 0.3) is 0 Å². The Morgan fingerprint density at radius 2 is 1.90 bits per heavy atom. The number of carbonyl (C=O) groups excluding carboxylic acids is 1. The van der Waals surface area contributed by atoms with Crippen LogP contribution >= 0.6 is 0 Å². The van der Waals surface area contributed by atoms with E-state index in [0.717, 1.165) is 31.2 Å². The molecule has 4 aliphatic heterocycles. The first kappa shape index (κ1) is 18.4. The lowest BCUT2D eigenvalue weighted by molar-refractivity contribution is 0.0352. The van der Waals surface area contributed by atoms with Crippen LogP contribution in [0.2, 0.25) is 0 Å². The molecule has 0 spiro atoms. The molecule has 6 rings (SSSR count). The Morgan fingerprint density at radius 3 is 2.66 bits per heavy atom. The molecule has 0 aliphatic carbocycles. The van der Waals surface area contributed by atoms with Crippen molar-refractivity contribution in [1.29, 1.82) is 0 Å². The largest absolute Gasteiger partial charge is 0.496 e. The summed E-state index contributed by atoms with van der Waals surface area (Å²) in [6, 6.07) is 10.9. The summed E-state index contributed by atoms with van der Waals surface area (Å²) >= 11 is 0. The number of carbonyl (C=O) groups is 1. The van der Waals surface area contributed by atoms with Gasteiger partial charge in [0.25, 0.3) is 0 Å². The lowest BCUT2D eigenvalue weighted by Crippen LogP contribution is -2.60. The van der Waals surface area contributed by atoms with E-state index < -0.39 is 5.97 Å². The number of piperidine rings is 3. The van der Waals surface area contributed by atoms with E-state index in [9.17, 15) is 4.79 Å². The summed E-state index contributed by atoms with van der Waals surface area (Å²) in [5.74, 6) is 2.29. The van der Waals surface area contributed by atoms with E-state index in [1.165, 1.54) is 31.8 Å². The summed E-state index contributed by atoms with van der Waals surface area (Å²) in [5, 5.41) is 0. The minimum atomic E-state index is -0.431. The van der Waals surface area contributed by atoms with Crippen LogP contribution in [0.3, 0.4) is 0 Å². The van der Waals surface area contributed by atoms with Crippen LogP contribution in [-0.2, 0) is 4.74 Å². The van der Waals surface area contributed by atoms with Gasteiger partial charge in [0.2, 0.25) is 0 Å². The molecule has 1 aromatic carbocycles. The highest BCUT2D eigenvalue weighted by molar-refractivity contribution is 5.87. The molecular weight excluding hydrogens is 368 g/mol. The average molecular weight is 394 g/mol. The number of para-hydroxylation sites is 1. The number of rotatable bonds is 4. The SMILES string of the molecule is COC(=O)c1cc(N2C[C@H](c3ccccc3OC)[C@@H]3[C@H]2C2CCN3CC2)ncn1. The Kier molecular flexibility index (Phi) is 4.62. The standard InChI is InChI=1S/C22H26N4O3/c1-28-18-6-4-3-5-15(18)16-12-26(19-11-17(22(27)29-2)23-13-24-19)20-14-7-9-25(10-8-14)21(16)20/h3-6,11,13-14,16,20-21H,7-10,12H2,1-2H3/t16-,20-,21-/m1/s1. The number of hydrogen-bond donors (Lipinski definition) is 0. The summed E-state index contributed by atoms with van der Waals surface area (Å²) in [7, 11) is 3.12. The van der Waals surface area contributed by atoms with Gasteiger partial charge >= 0.3 is 5.97 Å². The fraction of sp³-hybridized carbons (Fsp3) is 0.500. The van der Waals surface area contributed by atoms with Crippen molar-refractivity contribution in [1.82, 2.24) is 14.9 Å². The van der Waals surface area contributed by atoms with E-state index in [2.05, 4.69) is 31.9 Å². The van der Waals surface area contributed by atoms with Gasteiger partial charge in [-0.05, 0) is 37.9 Å². The van der Waals surface area contributed by atoms with Crippen LogP contribution in [0, 0.1) is 5.92 Å². The van der Waals surface area contributed by atoms with E-state index in [-0.39, 0.29) is 0 Å². The summed E-state index contributed by atoms with van der Waals surface area (Å²) in [6.07, 6.45) is 3.89. The smallest absolute Gasteiger partial charge is 0.356 e. The minimum absolute atomic E-state index is 0.302. The maximum absolute atomic E-state index is 12.0. The molecule has 7 heteroatoms. The molecular formula is C22H26N4O3. The maximum Gasteiger partial charge on any atom is 0.356 e. The highest BCUT2D eigenvalue weighted by Gasteiger charge is 2.54. The Bertz CT molecular complexity index is 912. The number of benzene rings is 1. The number of methoxy groups -OCH3 is 2. The van der Waals surface area contributed by atoms with Gasteiger partial charge in [0, 0.05) is 36.2 Å². The van der Waals surface area contributed by atoms with Crippen molar-refractivity contribution in [3.8, 4) is 5.75 Å². The predicted molar refractivity (Wildman–Crippen MR) is 108 cm³/mol. The van der Waals surface area contributed by atoms with E-state index in [1.807, 2.05) is 12.1 Å². The molecule has 0 radical (unpaired) electrons. The summed E-state index contributed by atoms with van der Waals surface area (Å²) in [5.41, 5.74) is 1.55. The molecule has 0 saturated carbocycles. The van der Waals surface area contributed by atoms with Gasteiger partial charge in [-0.25, -0.2) is 14.8 Å². The van der Waals surface area contributed by atoms with Crippen molar-refractivity contribution in [2.75, 3.05) is 38.8 Å². The quantitative estimate of drug-likeness (QED) is 0.738. The molecule has 2 bridgehead atoms. The van der Waals surface area contributed by atoms with Crippen LogP contribution in [0.1, 0.15) is 34.8 Å². The van der Waals surface area contributed by atoms with Crippen LogP contribution in [0.4, 0.5) is 5.82 Å². The number of aromatic nitrogens is 2. The fourth-order valence-electron chi connectivity index (χ4n) is 5.65. The maximum atomic E-state index is 12.0. The number of ether oxygens (including phenoxy) is 2. The van der Waals surface area contributed by atoms with Crippen LogP contribution < -0.4 is 9.64 Å². The van der Waals surface area contributed by atoms with Gasteiger partial charge in [0.05, 0.1) is 14.2 Å². The predicted octanol–water partition coefficient (Wildman–Crippen LogP) is 2.34. The molecule has 0 amide bonds. The van der Waals surface area contributed by atoms with Gasteiger partial charge in [-0.1, -0.05) is 18.2 Å². The molecule has 0 N–H and O–H groups in total. The van der Waals surface area contributed by atoms with Gasteiger partial charge < -0.3 is 14.4 Å². The van der Waals surface area contributed by atoms with Crippen molar-refractivity contribution in [3.05, 3.63) is 47.9 Å². The molecule has 4 aliphatic rings. The van der Waals surface area contributed by atoms with Crippen molar-refractivity contribution >= 4 is 11.8 Å².